The summed E-state index contributed by atoms with van der Waals surface area (Å²) in [7, 11) is 0. The van der Waals surface area contributed by atoms with Crippen LogP contribution in [0.4, 0.5) is 4.79 Å². The number of rotatable bonds is 6. The zero-order chi connectivity index (χ0) is 26.2. The number of benzene rings is 3. The molecule has 8 nitrogen and oxygen atoms in total. The molecular weight excluding hydrogens is 484 g/mol. The number of amides is 3. The third-order valence-corrected chi connectivity index (χ3v) is 7.68. The first-order valence-electron chi connectivity index (χ1n) is 12.8. The number of nitrogens with zero attached hydrogens (tertiary/aromatic N) is 1. The normalized spacial score (nSPS) is 17.1. The summed E-state index contributed by atoms with van der Waals surface area (Å²) in [5, 5.41) is 3.15. The van der Waals surface area contributed by atoms with Crippen molar-refractivity contribution in [1.29, 1.82) is 0 Å². The quantitative estimate of drug-likeness (QED) is 0.476. The Bertz CT molecular complexity index is 1360. The van der Waals surface area contributed by atoms with Crippen LogP contribution in [0.5, 0.6) is 0 Å². The minimum atomic E-state index is -1.04. The summed E-state index contributed by atoms with van der Waals surface area (Å²) in [6, 6.07) is 21.3. The number of hydrogen-bond donors (Lipinski definition) is 1. The Balaban J connectivity index is 1.15. The number of carbonyl (C=O) groups excluding carboxylic acids is 4. The van der Waals surface area contributed by atoms with E-state index in [2.05, 4.69) is 17.4 Å². The van der Waals surface area contributed by atoms with Crippen molar-refractivity contribution in [2.75, 3.05) is 6.61 Å². The van der Waals surface area contributed by atoms with E-state index in [0.29, 0.717) is 17.9 Å². The molecule has 3 aromatic carbocycles. The Morgan fingerprint density at radius 1 is 0.789 bits per heavy atom. The second-order valence-electron chi connectivity index (χ2n) is 9.85. The molecule has 3 amide bonds. The van der Waals surface area contributed by atoms with E-state index in [0.717, 1.165) is 35.1 Å². The van der Waals surface area contributed by atoms with Gasteiger partial charge in [0.15, 0.2) is 0 Å². The maximum atomic E-state index is 13.2. The molecule has 1 N–H and O–H groups in total. The van der Waals surface area contributed by atoms with Crippen LogP contribution in [0.15, 0.2) is 72.8 Å². The maximum Gasteiger partial charge on any atom is 0.407 e. The van der Waals surface area contributed by atoms with Gasteiger partial charge in [-0.05, 0) is 53.1 Å². The van der Waals surface area contributed by atoms with Crippen LogP contribution in [-0.4, -0.2) is 41.6 Å². The number of hydroxylamine groups is 2. The SMILES string of the molecule is O=C(N[C@H](C(=O)ON1C(=O)c2ccccc2C1=O)C1CCCC1)OCC1c2ccccc2-c2ccccc21. The van der Waals surface area contributed by atoms with E-state index in [1.807, 2.05) is 36.4 Å². The first-order chi connectivity index (χ1) is 18.5. The third kappa shape index (κ3) is 4.12. The van der Waals surface area contributed by atoms with E-state index in [1.54, 1.807) is 12.1 Å². The van der Waals surface area contributed by atoms with E-state index >= 15 is 0 Å². The van der Waals surface area contributed by atoms with Gasteiger partial charge >= 0.3 is 12.1 Å². The zero-order valence-electron chi connectivity index (χ0n) is 20.6. The van der Waals surface area contributed by atoms with Crippen molar-refractivity contribution in [2.45, 2.75) is 37.6 Å². The van der Waals surface area contributed by atoms with Crippen LogP contribution in [0.3, 0.4) is 0 Å². The van der Waals surface area contributed by atoms with Crippen molar-refractivity contribution in [3.05, 3.63) is 95.1 Å². The molecule has 6 rings (SSSR count). The predicted octanol–water partition coefficient (Wildman–Crippen LogP) is 4.84. The first kappa shape index (κ1) is 23.9. The van der Waals surface area contributed by atoms with Crippen molar-refractivity contribution in [2.24, 2.45) is 5.92 Å². The lowest BCUT2D eigenvalue weighted by Gasteiger charge is -2.24. The van der Waals surface area contributed by atoms with Gasteiger partial charge in [-0.15, -0.1) is 0 Å². The fourth-order valence-corrected chi connectivity index (χ4v) is 5.82. The van der Waals surface area contributed by atoms with Crippen molar-refractivity contribution >= 4 is 23.9 Å². The summed E-state index contributed by atoms with van der Waals surface area (Å²) in [4.78, 5) is 56.8. The molecule has 8 heteroatoms. The number of ether oxygens (including phenoxy) is 1. The van der Waals surface area contributed by atoms with E-state index in [4.69, 9.17) is 9.57 Å². The minimum Gasteiger partial charge on any atom is -0.449 e. The molecule has 3 aromatic rings. The van der Waals surface area contributed by atoms with Gasteiger partial charge in [-0.2, -0.15) is 0 Å². The van der Waals surface area contributed by atoms with Gasteiger partial charge in [0, 0.05) is 5.92 Å². The van der Waals surface area contributed by atoms with Gasteiger partial charge in [0.2, 0.25) is 0 Å². The van der Waals surface area contributed by atoms with Crippen LogP contribution in [0.25, 0.3) is 11.1 Å². The summed E-state index contributed by atoms with van der Waals surface area (Å²) in [6.45, 7) is 0.102. The maximum absolute atomic E-state index is 13.2. The van der Waals surface area contributed by atoms with Crippen molar-refractivity contribution in [3.8, 4) is 11.1 Å². The van der Waals surface area contributed by atoms with Gasteiger partial charge in [-0.3, -0.25) is 9.59 Å². The van der Waals surface area contributed by atoms with Crippen molar-refractivity contribution < 1.29 is 28.8 Å². The van der Waals surface area contributed by atoms with Crippen molar-refractivity contribution in [3.63, 3.8) is 0 Å². The lowest BCUT2D eigenvalue weighted by Crippen LogP contribution is -2.49. The molecule has 192 valence electrons. The average molecular weight is 511 g/mol. The summed E-state index contributed by atoms with van der Waals surface area (Å²) in [5.74, 6) is -2.57. The lowest BCUT2D eigenvalue weighted by atomic mass is 9.98. The van der Waals surface area contributed by atoms with Crippen LogP contribution >= 0.6 is 0 Å². The van der Waals surface area contributed by atoms with Gasteiger partial charge < -0.3 is 14.9 Å². The molecule has 0 unspecified atom stereocenters. The highest BCUT2D eigenvalue weighted by Crippen LogP contribution is 2.44. The van der Waals surface area contributed by atoms with E-state index < -0.39 is 29.9 Å². The van der Waals surface area contributed by atoms with Gasteiger partial charge in [0.05, 0.1) is 11.1 Å². The first-order valence-corrected chi connectivity index (χ1v) is 12.8. The van der Waals surface area contributed by atoms with Gasteiger partial charge in [-0.25, -0.2) is 9.59 Å². The summed E-state index contributed by atoms with van der Waals surface area (Å²) >= 11 is 0. The van der Waals surface area contributed by atoms with Crippen molar-refractivity contribution in [1.82, 2.24) is 10.4 Å². The molecule has 1 aliphatic heterocycles. The van der Waals surface area contributed by atoms with Gasteiger partial charge in [0.1, 0.15) is 12.6 Å². The fraction of sp³-hybridized carbons (Fsp3) is 0.267. The minimum absolute atomic E-state index is 0.102. The molecule has 1 saturated carbocycles. The summed E-state index contributed by atoms with van der Waals surface area (Å²) < 4.78 is 5.64. The molecular formula is C30H26N2O6. The second kappa shape index (κ2) is 9.78. The molecule has 1 heterocycles. The molecule has 1 atom stereocenters. The molecule has 0 radical (unpaired) electrons. The molecule has 38 heavy (non-hydrogen) atoms. The highest BCUT2D eigenvalue weighted by atomic mass is 16.7. The Morgan fingerprint density at radius 3 is 1.84 bits per heavy atom. The predicted molar refractivity (Wildman–Crippen MR) is 137 cm³/mol. The third-order valence-electron chi connectivity index (χ3n) is 7.68. The highest BCUT2D eigenvalue weighted by Gasteiger charge is 2.42. The Kier molecular flexibility index (Phi) is 6.15. The zero-order valence-corrected chi connectivity index (χ0v) is 20.6. The summed E-state index contributed by atoms with van der Waals surface area (Å²) in [5.41, 5.74) is 4.74. The van der Waals surface area contributed by atoms with E-state index in [9.17, 15) is 19.2 Å². The largest absolute Gasteiger partial charge is 0.449 e. The number of fused-ring (bicyclic) bond motifs is 4. The van der Waals surface area contributed by atoms with E-state index in [1.165, 1.54) is 12.1 Å². The average Bonchev–Trinajstić information content (AvgIpc) is 3.64. The van der Waals surface area contributed by atoms with E-state index in [-0.39, 0.29) is 29.6 Å². The Morgan fingerprint density at radius 2 is 1.29 bits per heavy atom. The highest BCUT2D eigenvalue weighted by molar-refractivity contribution is 6.21. The smallest absolute Gasteiger partial charge is 0.407 e. The number of imide groups is 1. The van der Waals surface area contributed by atoms with Gasteiger partial charge in [-0.1, -0.05) is 78.6 Å². The van der Waals surface area contributed by atoms with Gasteiger partial charge in [0.25, 0.3) is 11.8 Å². The van der Waals surface area contributed by atoms with Crippen LogP contribution in [-0.2, 0) is 14.4 Å². The lowest BCUT2D eigenvalue weighted by molar-refractivity contribution is -0.172. The second-order valence-corrected chi connectivity index (χ2v) is 9.85. The molecule has 2 aliphatic carbocycles. The molecule has 0 bridgehead atoms. The number of nitrogens with one attached hydrogen (secondary N) is 1. The molecule has 0 saturated heterocycles. The van der Waals surface area contributed by atoms with Crippen LogP contribution in [0.1, 0.15) is 63.4 Å². The Labute approximate surface area is 219 Å². The van der Waals surface area contributed by atoms with Crippen LogP contribution in [0.2, 0.25) is 0 Å². The number of hydrogen-bond acceptors (Lipinski definition) is 6. The summed E-state index contributed by atoms with van der Waals surface area (Å²) in [6.07, 6.45) is 2.50. The monoisotopic (exact) mass is 510 g/mol. The topological polar surface area (TPSA) is 102 Å². The van der Waals surface area contributed by atoms with Crippen LogP contribution in [0, 0.1) is 5.92 Å². The van der Waals surface area contributed by atoms with Crippen LogP contribution < -0.4 is 5.32 Å². The fourth-order valence-electron chi connectivity index (χ4n) is 5.82. The molecule has 0 aromatic heterocycles. The Hall–Kier alpha value is -4.46. The number of alkyl carbamates (subject to hydrolysis) is 1. The number of carbonyl (C=O) groups is 4. The molecule has 0 spiro atoms. The molecule has 1 fully saturated rings. The standard InChI is InChI=1S/C30H26N2O6/c33-27-23-15-7-8-16-24(23)28(34)32(27)38-29(35)26(18-9-1-2-10-18)31-30(36)37-17-25-21-13-5-3-11-19(21)20-12-4-6-14-22(20)25/h3-8,11-16,18,25-26H,1-2,9-10,17H2,(H,31,36)/t26-/m0/s1. The molecule has 3 aliphatic rings.